The van der Waals surface area contributed by atoms with Gasteiger partial charge in [0.05, 0.1) is 6.04 Å². The molecule has 1 heterocycles. The number of hydrogen-bond acceptors (Lipinski definition) is 3. The lowest BCUT2D eigenvalue weighted by Crippen LogP contribution is -2.33. The molecule has 2 atom stereocenters. The SMILES string of the molecule is CC(C)c1ccc(C(N)=NC2CNCC2N)cc1. The minimum Gasteiger partial charge on any atom is -0.383 e. The minimum atomic E-state index is 0.0680. The van der Waals surface area contributed by atoms with Crippen molar-refractivity contribution in [2.24, 2.45) is 16.5 Å². The summed E-state index contributed by atoms with van der Waals surface area (Å²) in [6.45, 7) is 5.98. The first-order valence-corrected chi connectivity index (χ1v) is 6.48. The van der Waals surface area contributed by atoms with Crippen LogP contribution in [0, 0.1) is 0 Å². The molecule has 2 rings (SSSR count). The van der Waals surface area contributed by atoms with E-state index in [1.807, 2.05) is 12.1 Å². The van der Waals surface area contributed by atoms with E-state index in [4.69, 9.17) is 11.5 Å². The van der Waals surface area contributed by atoms with Gasteiger partial charge in [-0.15, -0.1) is 0 Å². The molecule has 5 N–H and O–H groups in total. The lowest BCUT2D eigenvalue weighted by molar-refractivity contribution is 0.644. The fourth-order valence-corrected chi connectivity index (χ4v) is 2.12. The lowest BCUT2D eigenvalue weighted by atomic mass is 10.0. The third kappa shape index (κ3) is 2.89. The Labute approximate surface area is 108 Å². The Balaban J connectivity index is 2.13. The average Bonchev–Trinajstić information content (AvgIpc) is 2.75. The molecule has 98 valence electrons. The van der Waals surface area contributed by atoms with Crippen LogP contribution in [0.1, 0.15) is 30.9 Å². The second-order valence-corrected chi connectivity index (χ2v) is 5.18. The highest BCUT2D eigenvalue weighted by Crippen LogP contribution is 2.15. The van der Waals surface area contributed by atoms with Crippen LogP contribution in [0.3, 0.4) is 0 Å². The van der Waals surface area contributed by atoms with Crippen LogP contribution in [0.5, 0.6) is 0 Å². The van der Waals surface area contributed by atoms with Gasteiger partial charge in [-0.3, -0.25) is 4.99 Å². The van der Waals surface area contributed by atoms with Crippen LogP contribution >= 0.6 is 0 Å². The van der Waals surface area contributed by atoms with Gasteiger partial charge in [-0.25, -0.2) is 0 Å². The van der Waals surface area contributed by atoms with Crippen molar-refractivity contribution in [3.05, 3.63) is 35.4 Å². The summed E-state index contributed by atoms with van der Waals surface area (Å²) >= 11 is 0. The molecule has 0 amide bonds. The molecule has 0 bridgehead atoms. The maximum absolute atomic E-state index is 6.03. The number of nitrogens with zero attached hydrogens (tertiary/aromatic N) is 1. The van der Waals surface area contributed by atoms with Gasteiger partial charge in [-0.1, -0.05) is 38.1 Å². The summed E-state index contributed by atoms with van der Waals surface area (Å²) in [7, 11) is 0. The summed E-state index contributed by atoms with van der Waals surface area (Å²) in [5, 5.41) is 3.22. The zero-order chi connectivity index (χ0) is 13.1. The van der Waals surface area contributed by atoms with Crippen LogP contribution in [0.15, 0.2) is 29.3 Å². The minimum absolute atomic E-state index is 0.0680. The smallest absolute Gasteiger partial charge is 0.126 e. The topological polar surface area (TPSA) is 76.4 Å². The van der Waals surface area contributed by atoms with Crippen LogP contribution in [0.25, 0.3) is 0 Å². The molecule has 1 fully saturated rings. The molecule has 2 unspecified atom stereocenters. The maximum Gasteiger partial charge on any atom is 0.126 e. The van der Waals surface area contributed by atoms with Crippen LogP contribution in [-0.4, -0.2) is 31.0 Å². The second kappa shape index (κ2) is 5.50. The number of benzene rings is 1. The summed E-state index contributed by atoms with van der Waals surface area (Å²) in [6, 6.07) is 8.43. The number of nitrogens with one attached hydrogen (secondary N) is 1. The van der Waals surface area contributed by atoms with E-state index in [2.05, 4.69) is 36.3 Å². The average molecular weight is 246 g/mol. The maximum atomic E-state index is 6.03. The molecule has 1 saturated heterocycles. The Kier molecular flexibility index (Phi) is 3.99. The van der Waals surface area contributed by atoms with Crippen LogP contribution in [0.4, 0.5) is 0 Å². The van der Waals surface area contributed by atoms with E-state index in [0.717, 1.165) is 18.7 Å². The first-order chi connectivity index (χ1) is 8.58. The predicted molar refractivity (Wildman–Crippen MR) is 75.9 cm³/mol. The van der Waals surface area contributed by atoms with Gasteiger partial charge in [0, 0.05) is 24.7 Å². The number of aliphatic imine (C=N–C) groups is 1. The highest BCUT2D eigenvalue weighted by molar-refractivity contribution is 5.97. The molecule has 1 aliphatic heterocycles. The van der Waals surface area contributed by atoms with E-state index < -0.39 is 0 Å². The second-order valence-electron chi connectivity index (χ2n) is 5.18. The summed E-state index contributed by atoms with van der Waals surface area (Å²) in [5.74, 6) is 1.11. The van der Waals surface area contributed by atoms with Gasteiger partial charge in [0.2, 0.25) is 0 Å². The Morgan fingerprint density at radius 1 is 1.28 bits per heavy atom. The molecular weight excluding hydrogens is 224 g/mol. The largest absolute Gasteiger partial charge is 0.383 e. The molecule has 0 aliphatic carbocycles. The Morgan fingerprint density at radius 2 is 1.94 bits per heavy atom. The van der Waals surface area contributed by atoms with Crippen molar-refractivity contribution in [1.82, 2.24) is 5.32 Å². The summed E-state index contributed by atoms with van der Waals surface area (Å²) in [6.07, 6.45) is 0. The van der Waals surface area contributed by atoms with Crippen molar-refractivity contribution < 1.29 is 0 Å². The monoisotopic (exact) mass is 246 g/mol. The van der Waals surface area contributed by atoms with Crippen molar-refractivity contribution in [3.8, 4) is 0 Å². The van der Waals surface area contributed by atoms with Gasteiger partial charge in [0.25, 0.3) is 0 Å². The fourth-order valence-electron chi connectivity index (χ4n) is 2.12. The van der Waals surface area contributed by atoms with Crippen molar-refractivity contribution >= 4 is 5.84 Å². The number of hydrogen-bond donors (Lipinski definition) is 3. The number of amidine groups is 1. The van der Waals surface area contributed by atoms with E-state index in [9.17, 15) is 0 Å². The standard InChI is InChI=1S/C14H22N4/c1-9(2)10-3-5-11(6-4-10)14(16)18-13-8-17-7-12(13)15/h3-6,9,12-13,17H,7-8,15H2,1-2H3,(H2,16,18). The van der Waals surface area contributed by atoms with Gasteiger partial charge in [0.15, 0.2) is 0 Å². The summed E-state index contributed by atoms with van der Waals surface area (Å²) < 4.78 is 0. The Bertz CT molecular complexity index is 422. The van der Waals surface area contributed by atoms with Gasteiger partial charge in [0.1, 0.15) is 5.84 Å². The van der Waals surface area contributed by atoms with E-state index in [-0.39, 0.29) is 12.1 Å². The summed E-state index contributed by atoms with van der Waals surface area (Å²) in [5.41, 5.74) is 14.3. The van der Waals surface area contributed by atoms with E-state index in [1.165, 1.54) is 5.56 Å². The van der Waals surface area contributed by atoms with Crippen molar-refractivity contribution in [3.63, 3.8) is 0 Å². The van der Waals surface area contributed by atoms with Crippen molar-refractivity contribution in [2.75, 3.05) is 13.1 Å². The zero-order valence-electron chi connectivity index (χ0n) is 11.1. The molecule has 0 radical (unpaired) electrons. The van der Waals surface area contributed by atoms with Gasteiger partial charge < -0.3 is 16.8 Å². The highest BCUT2D eigenvalue weighted by atomic mass is 15.1. The molecule has 0 saturated carbocycles. The van der Waals surface area contributed by atoms with E-state index in [0.29, 0.717) is 11.8 Å². The molecule has 4 nitrogen and oxygen atoms in total. The molecule has 0 spiro atoms. The van der Waals surface area contributed by atoms with Crippen molar-refractivity contribution in [2.45, 2.75) is 31.8 Å². The molecule has 1 aliphatic rings. The van der Waals surface area contributed by atoms with Crippen molar-refractivity contribution in [1.29, 1.82) is 0 Å². The fraction of sp³-hybridized carbons (Fsp3) is 0.500. The predicted octanol–water partition coefficient (Wildman–Crippen LogP) is 0.814. The van der Waals surface area contributed by atoms with Crippen LogP contribution in [0.2, 0.25) is 0 Å². The molecule has 1 aromatic rings. The quantitative estimate of drug-likeness (QED) is 0.546. The molecule has 4 heteroatoms. The number of nitrogens with two attached hydrogens (primary N) is 2. The lowest BCUT2D eigenvalue weighted by Gasteiger charge is -2.11. The zero-order valence-corrected chi connectivity index (χ0v) is 11.1. The van der Waals surface area contributed by atoms with Gasteiger partial charge >= 0.3 is 0 Å². The molecule has 1 aromatic carbocycles. The molecular formula is C14H22N4. The normalized spacial score (nSPS) is 24.8. The van der Waals surface area contributed by atoms with Crippen LogP contribution < -0.4 is 16.8 Å². The Hall–Kier alpha value is -1.39. The summed E-state index contributed by atoms with van der Waals surface area (Å²) in [4.78, 5) is 4.51. The molecule has 0 aromatic heterocycles. The highest BCUT2D eigenvalue weighted by Gasteiger charge is 2.23. The molecule has 18 heavy (non-hydrogen) atoms. The Morgan fingerprint density at radius 3 is 2.44 bits per heavy atom. The van der Waals surface area contributed by atoms with E-state index in [1.54, 1.807) is 0 Å². The third-order valence-electron chi connectivity index (χ3n) is 3.41. The van der Waals surface area contributed by atoms with E-state index >= 15 is 0 Å². The first kappa shape index (κ1) is 13.1. The third-order valence-corrected chi connectivity index (χ3v) is 3.41. The first-order valence-electron chi connectivity index (χ1n) is 6.48. The van der Waals surface area contributed by atoms with Gasteiger partial charge in [-0.05, 0) is 11.5 Å². The number of rotatable bonds is 3. The van der Waals surface area contributed by atoms with Gasteiger partial charge in [-0.2, -0.15) is 0 Å². The van der Waals surface area contributed by atoms with Crippen LogP contribution in [-0.2, 0) is 0 Å².